The molecule has 3 aromatic rings. The van der Waals surface area contributed by atoms with Crippen molar-refractivity contribution in [3.05, 3.63) is 40.5 Å². The van der Waals surface area contributed by atoms with Crippen molar-refractivity contribution in [3.8, 4) is 17.0 Å². The van der Waals surface area contributed by atoms with Gasteiger partial charge in [-0.25, -0.2) is 4.98 Å². The van der Waals surface area contributed by atoms with Crippen molar-refractivity contribution < 1.29 is 4.74 Å². The fourth-order valence-electron chi connectivity index (χ4n) is 2.69. The largest absolute Gasteiger partial charge is 0.496 e. The Kier molecular flexibility index (Phi) is 3.69. The molecule has 5 heteroatoms. The average molecular weight is 301 g/mol. The minimum atomic E-state index is 0.631. The molecule has 0 amide bonds. The van der Waals surface area contributed by atoms with Gasteiger partial charge in [-0.1, -0.05) is 0 Å². The molecule has 0 bridgehead atoms. The molecule has 110 valence electrons. The number of benzene rings is 1. The number of fused-ring (bicyclic) bond motifs is 1. The number of hydrogen-bond donors (Lipinski definition) is 1. The number of rotatable bonds is 4. The van der Waals surface area contributed by atoms with E-state index in [-0.39, 0.29) is 0 Å². The van der Waals surface area contributed by atoms with E-state index < -0.39 is 0 Å². The normalized spacial score (nSPS) is 11.2. The fourth-order valence-corrected chi connectivity index (χ4v) is 3.65. The predicted molar refractivity (Wildman–Crippen MR) is 87.3 cm³/mol. The summed E-state index contributed by atoms with van der Waals surface area (Å²) in [7, 11) is 1.70. The lowest BCUT2D eigenvalue weighted by Crippen LogP contribution is -2.06. The van der Waals surface area contributed by atoms with Crippen LogP contribution in [0.15, 0.2) is 23.6 Å². The molecule has 0 atom stereocenters. The second kappa shape index (κ2) is 5.50. The van der Waals surface area contributed by atoms with Gasteiger partial charge in [0, 0.05) is 17.5 Å². The zero-order valence-electron chi connectivity index (χ0n) is 12.5. The number of thiazole rings is 1. The molecule has 21 heavy (non-hydrogen) atoms. The molecule has 0 saturated heterocycles. The van der Waals surface area contributed by atoms with Gasteiger partial charge >= 0.3 is 0 Å². The average Bonchev–Trinajstić information content (AvgIpc) is 2.99. The zero-order valence-corrected chi connectivity index (χ0v) is 13.3. The quantitative estimate of drug-likeness (QED) is 0.805. The minimum Gasteiger partial charge on any atom is -0.496 e. The van der Waals surface area contributed by atoms with E-state index in [4.69, 9.17) is 10.5 Å². The summed E-state index contributed by atoms with van der Waals surface area (Å²) < 4.78 is 7.57. The van der Waals surface area contributed by atoms with E-state index in [0.29, 0.717) is 6.54 Å². The molecule has 1 aromatic carbocycles. The van der Waals surface area contributed by atoms with Crippen molar-refractivity contribution in [2.24, 2.45) is 5.73 Å². The first-order chi connectivity index (χ1) is 10.2. The summed E-state index contributed by atoms with van der Waals surface area (Å²) in [5, 5.41) is 2.16. The molecule has 0 aliphatic carbocycles. The van der Waals surface area contributed by atoms with E-state index in [1.165, 1.54) is 17.0 Å². The van der Waals surface area contributed by atoms with Crippen LogP contribution >= 0.6 is 11.3 Å². The summed E-state index contributed by atoms with van der Waals surface area (Å²) >= 11 is 1.67. The Morgan fingerprint density at radius 2 is 2.14 bits per heavy atom. The van der Waals surface area contributed by atoms with Crippen LogP contribution < -0.4 is 10.5 Å². The highest BCUT2D eigenvalue weighted by Gasteiger charge is 2.15. The van der Waals surface area contributed by atoms with Crippen LogP contribution in [0.2, 0.25) is 0 Å². The van der Waals surface area contributed by atoms with Gasteiger partial charge in [-0.3, -0.25) is 4.40 Å². The van der Waals surface area contributed by atoms with Crippen LogP contribution in [-0.4, -0.2) is 23.0 Å². The van der Waals surface area contributed by atoms with Crippen molar-refractivity contribution >= 4 is 16.3 Å². The topological polar surface area (TPSA) is 52.5 Å². The summed E-state index contributed by atoms with van der Waals surface area (Å²) in [4.78, 5) is 5.66. The number of methoxy groups -OCH3 is 1. The summed E-state index contributed by atoms with van der Waals surface area (Å²) in [6.07, 6.45) is 0.839. The lowest BCUT2D eigenvalue weighted by Gasteiger charge is -2.08. The van der Waals surface area contributed by atoms with Gasteiger partial charge in [0.05, 0.1) is 18.5 Å². The van der Waals surface area contributed by atoms with Crippen LogP contribution in [0.3, 0.4) is 0 Å². The number of ether oxygens (including phenoxy) is 1. The highest BCUT2D eigenvalue weighted by atomic mass is 32.1. The molecule has 0 saturated carbocycles. The highest BCUT2D eigenvalue weighted by Crippen LogP contribution is 2.31. The Labute approximate surface area is 128 Å². The monoisotopic (exact) mass is 301 g/mol. The third kappa shape index (κ3) is 2.32. The molecular weight excluding hydrogens is 282 g/mol. The summed E-state index contributed by atoms with van der Waals surface area (Å²) in [5.74, 6) is 0.911. The van der Waals surface area contributed by atoms with Crippen LogP contribution in [-0.2, 0) is 6.42 Å². The van der Waals surface area contributed by atoms with Crippen LogP contribution in [0.1, 0.15) is 17.0 Å². The van der Waals surface area contributed by atoms with E-state index in [1.807, 2.05) is 13.0 Å². The fraction of sp³-hybridized carbons (Fsp3) is 0.312. The molecule has 2 aromatic heterocycles. The number of aromatic nitrogens is 2. The standard InChI is InChI=1S/C16H19N3OS/c1-10-8-12(4-5-15(10)20-3)14-9-21-16-18-11(2)13(6-7-17)19(14)16/h4-5,8-9H,6-7,17H2,1-3H3. The predicted octanol–water partition coefficient (Wildman–Crippen LogP) is 3.19. The smallest absolute Gasteiger partial charge is 0.194 e. The minimum absolute atomic E-state index is 0.631. The molecule has 0 radical (unpaired) electrons. The van der Waals surface area contributed by atoms with Crippen LogP contribution in [0.25, 0.3) is 16.2 Å². The first kappa shape index (κ1) is 14.1. The van der Waals surface area contributed by atoms with E-state index in [2.05, 4.69) is 33.8 Å². The van der Waals surface area contributed by atoms with E-state index in [1.54, 1.807) is 18.4 Å². The summed E-state index contributed by atoms with van der Waals surface area (Å²) in [6.45, 7) is 4.74. The Balaban J connectivity index is 2.18. The van der Waals surface area contributed by atoms with Crippen LogP contribution in [0.5, 0.6) is 5.75 Å². The molecule has 3 rings (SSSR count). The lowest BCUT2D eigenvalue weighted by atomic mass is 10.1. The first-order valence-corrected chi connectivity index (χ1v) is 7.84. The van der Waals surface area contributed by atoms with Crippen molar-refractivity contribution in [1.29, 1.82) is 0 Å². The van der Waals surface area contributed by atoms with Crippen molar-refractivity contribution in [2.45, 2.75) is 20.3 Å². The number of imidazole rings is 1. The third-order valence-corrected chi connectivity index (χ3v) is 4.56. The van der Waals surface area contributed by atoms with E-state index in [0.717, 1.165) is 28.4 Å². The van der Waals surface area contributed by atoms with Gasteiger partial charge in [0.15, 0.2) is 4.96 Å². The molecule has 0 unspecified atom stereocenters. The van der Waals surface area contributed by atoms with Crippen LogP contribution in [0, 0.1) is 13.8 Å². The number of hydrogen-bond acceptors (Lipinski definition) is 4. The zero-order chi connectivity index (χ0) is 15.0. The number of aryl methyl sites for hydroxylation is 2. The van der Waals surface area contributed by atoms with Crippen molar-refractivity contribution in [1.82, 2.24) is 9.38 Å². The van der Waals surface area contributed by atoms with Gasteiger partial charge in [0.25, 0.3) is 0 Å². The SMILES string of the molecule is COc1ccc(-c2csc3nc(C)c(CCN)n23)cc1C. The molecular formula is C16H19N3OS. The Morgan fingerprint density at radius 3 is 2.81 bits per heavy atom. The summed E-state index contributed by atoms with van der Waals surface area (Å²) in [5.41, 5.74) is 11.5. The number of nitrogens with zero attached hydrogens (tertiary/aromatic N) is 2. The summed E-state index contributed by atoms with van der Waals surface area (Å²) in [6, 6.07) is 6.26. The van der Waals surface area contributed by atoms with E-state index in [9.17, 15) is 0 Å². The second-order valence-corrected chi connectivity index (χ2v) is 5.94. The van der Waals surface area contributed by atoms with Crippen LogP contribution in [0.4, 0.5) is 0 Å². The number of nitrogens with two attached hydrogens (primary N) is 1. The van der Waals surface area contributed by atoms with Gasteiger partial charge in [-0.2, -0.15) is 0 Å². The second-order valence-electron chi connectivity index (χ2n) is 5.11. The van der Waals surface area contributed by atoms with Gasteiger partial charge in [0.1, 0.15) is 5.75 Å². The van der Waals surface area contributed by atoms with Gasteiger partial charge < -0.3 is 10.5 Å². The van der Waals surface area contributed by atoms with Crippen molar-refractivity contribution in [3.63, 3.8) is 0 Å². The maximum Gasteiger partial charge on any atom is 0.194 e. The third-order valence-electron chi connectivity index (χ3n) is 3.73. The van der Waals surface area contributed by atoms with Gasteiger partial charge in [-0.15, -0.1) is 11.3 Å². The molecule has 2 N–H and O–H groups in total. The molecule has 2 heterocycles. The van der Waals surface area contributed by atoms with Gasteiger partial charge in [-0.05, 0) is 49.7 Å². The maximum absolute atomic E-state index is 5.74. The lowest BCUT2D eigenvalue weighted by molar-refractivity contribution is 0.412. The first-order valence-electron chi connectivity index (χ1n) is 6.96. The molecule has 0 aliphatic heterocycles. The maximum atomic E-state index is 5.74. The Morgan fingerprint density at radius 1 is 1.33 bits per heavy atom. The molecule has 0 aliphatic rings. The van der Waals surface area contributed by atoms with E-state index >= 15 is 0 Å². The molecule has 4 nitrogen and oxygen atoms in total. The molecule has 0 spiro atoms. The molecule has 0 fully saturated rings. The van der Waals surface area contributed by atoms with Gasteiger partial charge in [0.2, 0.25) is 0 Å². The van der Waals surface area contributed by atoms with Crippen molar-refractivity contribution in [2.75, 3.05) is 13.7 Å². The Bertz CT molecular complexity index is 788. The highest BCUT2D eigenvalue weighted by molar-refractivity contribution is 7.15. The Hall–Kier alpha value is -1.85.